The second kappa shape index (κ2) is 8.37. The molecule has 0 unspecified atom stereocenters. The van der Waals surface area contributed by atoms with Gasteiger partial charge in [0.15, 0.2) is 0 Å². The van der Waals surface area contributed by atoms with Crippen LogP contribution in [0.25, 0.3) is 21.5 Å². The lowest BCUT2D eigenvalue weighted by atomic mass is 10.0. The Morgan fingerprint density at radius 3 is 1.30 bits per heavy atom. The van der Waals surface area contributed by atoms with Gasteiger partial charge in [-0.1, -0.05) is 36.4 Å². The quantitative estimate of drug-likeness (QED) is 0.296. The van der Waals surface area contributed by atoms with Crippen LogP contribution >= 0.6 is 0 Å². The van der Waals surface area contributed by atoms with Crippen LogP contribution in [0, 0.1) is 0 Å². The van der Waals surface area contributed by atoms with Gasteiger partial charge in [-0.05, 0) is 82.9 Å². The topological polar surface area (TPSA) is 43.2 Å². The molecule has 30 heavy (non-hydrogen) atoms. The first-order valence-corrected chi connectivity index (χ1v) is 9.82. The maximum atomic E-state index is 5.30. The van der Waals surface area contributed by atoms with Crippen molar-refractivity contribution >= 4 is 33.0 Å². The Balaban J connectivity index is 1.60. The molecule has 0 saturated carbocycles. The Bertz CT molecular complexity index is 1190. The van der Waals surface area contributed by atoms with E-state index in [-0.39, 0.29) is 0 Å². The highest BCUT2D eigenvalue weighted by molar-refractivity contribution is 6.04. The van der Waals surface area contributed by atoms with Gasteiger partial charge in [0.1, 0.15) is 11.5 Å². The Hall–Kier alpha value is -3.66. The lowest BCUT2D eigenvalue weighted by molar-refractivity contribution is 0.415. The highest BCUT2D eigenvalue weighted by atomic mass is 16.5. The van der Waals surface area contributed by atoms with Gasteiger partial charge in [-0.2, -0.15) is 10.2 Å². The minimum Gasteiger partial charge on any atom is -0.497 e. The summed E-state index contributed by atoms with van der Waals surface area (Å²) in [5, 5.41) is 13.5. The minimum atomic E-state index is 0.856. The van der Waals surface area contributed by atoms with Crippen LogP contribution in [-0.2, 0) is 0 Å². The van der Waals surface area contributed by atoms with Crippen LogP contribution in [0.5, 0.6) is 11.5 Å². The third-order valence-corrected chi connectivity index (χ3v) is 5.28. The summed E-state index contributed by atoms with van der Waals surface area (Å²) in [6, 6.07) is 24.7. The molecule has 0 N–H and O–H groups in total. The predicted molar refractivity (Wildman–Crippen MR) is 125 cm³/mol. The SMILES string of the molecule is COc1ccc2cc(/C(C)=N/N=C(\C)c3ccc4cc(OC)ccc4c3)ccc2c1. The first-order valence-electron chi connectivity index (χ1n) is 9.82. The Morgan fingerprint density at radius 2 is 0.900 bits per heavy atom. The van der Waals surface area contributed by atoms with Crippen LogP contribution in [0.4, 0.5) is 0 Å². The molecule has 0 radical (unpaired) electrons. The lowest BCUT2D eigenvalue weighted by Crippen LogP contribution is -1.97. The van der Waals surface area contributed by atoms with Crippen molar-refractivity contribution in [1.82, 2.24) is 0 Å². The van der Waals surface area contributed by atoms with Crippen molar-refractivity contribution in [3.05, 3.63) is 83.9 Å². The van der Waals surface area contributed by atoms with Gasteiger partial charge in [-0.15, -0.1) is 0 Å². The van der Waals surface area contributed by atoms with E-state index >= 15 is 0 Å². The zero-order valence-corrected chi connectivity index (χ0v) is 17.6. The molecule has 0 atom stereocenters. The molecule has 0 aromatic heterocycles. The third-order valence-electron chi connectivity index (χ3n) is 5.28. The average molecular weight is 396 g/mol. The summed E-state index contributed by atoms with van der Waals surface area (Å²) in [7, 11) is 3.36. The van der Waals surface area contributed by atoms with E-state index in [0.29, 0.717) is 0 Å². The molecule has 0 bridgehead atoms. The Labute approximate surface area is 176 Å². The number of rotatable bonds is 5. The molecule has 4 aromatic carbocycles. The number of benzene rings is 4. The van der Waals surface area contributed by atoms with Crippen LogP contribution in [-0.4, -0.2) is 25.6 Å². The van der Waals surface area contributed by atoms with Gasteiger partial charge in [-0.3, -0.25) is 0 Å². The highest BCUT2D eigenvalue weighted by Crippen LogP contribution is 2.23. The second-order valence-corrected chi connectivity index (χ2v) is 7.23. The Morgan fingerprint density at radius 1 is 0.533 bits per heavy atom. The van der Waals surface area contributed by atoms with Gasteiger partial charge >= 0.3 is 0 Å². The maximum absolute atomic E-state index is 5.30. The van der Waals surface area contributed by atoms with Crippen LogP contribution < -0.4 is 9.47 Å². The predicted octanol–water partition coefficient (Wildman–Crippen LogP) is 6.24. The number of hydrogen-bond acceptors (Lipinski definition) is 4. The molecule has 0 fully saturated rings. The average Bonchev–Trinajstić information content (AvgIpc) is 2.80. The van der Waals surface area contributed by atoms with Crippen molar-refractivity contribution in [1.29, 1.82) is 0 Å². The molecule has 0 aliphatic rings. The fraction of sp³-hybridized carbons (Fsp3) is 0.154. The van der Waals surface area contributed by atoms with Crippen molar-refractivity contribution in [2.45, 2.75) is 13.8 Å². The van der Waals surface area contributed by atoms with Gasteiger partial charge in [0.25, 0.3) is 0 Å². The Kier molecular flexibility index (Phi) is 5.48. The van der Waals surface area contributed by atoms with E-state index in [1.807, 2.05) is 38.1 Å². The number of fused-ring (bicyclic) bond motifs is 2. The summed E-state index contributed by atoms with van der Waals surface area (Å²) >= 11 is 0. The molecule has 0 spiro atoms. The molecular formula is C26H24N2O2. The van der Waals surface area contributed by atoms with E-state index in [0.717, 1.165) is 55.6 Å². The van der Waals surface area contributed by atoms with Crippen LogP contribution in [0.3, 0.4) is 0 Å². The van der Waals surface area contributed by atoms with Crippen molar-refractivity contribution in [2.24, 2.45) is 10.2 Å². The number of hydrogen-bond donors (Lipinski definition) is 0. The fourth-order valence-electron chi connectivity index (χ4n) is 3.42. The third kappa shape index (κ3) is 4.03. The molecule has 0 saturated heterocycles. The van der Waals surface area contributed by atoms with Gasteiger partial charge in [0.05, 0.1) is 25.6 Å². The fourth-order valence-corrected chi connectivity index (χ4v) is 3.42. The van der Waals surface area contributed by atoms with Gasteiger partial charge < -0.3 is 9.47 Å². The van der Waals surface area contributed by atoms with Crippen molar-refractivity contribution in [3.63, 3.8) is 0 Å². The number of ether oxygens (including phenoxy) is 2. The zero-order chi connectivity index (χ0) is 21.1. The van der Waals surface area contributed by atoms with Crippen LogP contribution in [0.2, 0.25) is 0 Å². The monoisotopic (exact) mass is 396 g/mol. The minimum absolute atomic E-state index is 0.856. The smallest absolute Gasteiger partial charge is 0.119 e. The number of methoxy groups -OCH3 is 2. The molecule has 4 aromatic rings. The van der Waals surface area contributed by atoms with Crippen molar-refractivity contribution in [3.8, 4) is 11.5 Å². The van der Waals surface area contributed by atoms with Gasteiger partial charge in [0, 0.05) is 0 Å². The van der Waals surface area contributed by atoms with E-state index in [9.17, 15) is 0 Å². The molecule has 4 heteroatoms. The molecule has 0 aliphatic heterocycles. The molecule has 150 valence electrons. The van der Waals surface area contributed by atoms with Crippen molar-refractivity contribution < 1.29 is 9.47 Å². The van der Waals surface area contributed by atoms with E-state index in [4.69, 9.17) is 9.47 Å². The number of nitrogens with zero attached hydrogens (tertiary/aromatic N) is 2. The van der Waals surface area contributed by atoms with E-state index in [2.05, 4.69) is 58.7 Å². The summed E-state index contributed by atoms with van der Waals surface area (Å²) in [4.78, 5) is 0. The molecule has 4 rings (SSSR count). The van der Waals surface area contributed by atoms with Crippen LogP contribution in [0.1, 0.15) is 25.0 Å². The van der Waals surface area contributed by atoms with Crippen molar-refractivity contribution in [2.75, 3.05) is 14.2 Å². The molecule has 0 aliphatic carbocycles. The first kappa shape index (κ1) is 19.6. The van der Waals surface area contributed by atoms with E-state index in [1.165, 1.54) is 0 Å². The summed E-state index contributed by atoms with van der Waals surface area (Å²) in [6.45, 7) is 3.96. The highest BCUT2D eigenvalue weighted by Gasteiger charge is 2.04. The summed E-state index contributed by atoms with van der Waals surface area (Å²) < 4.78 is 10.6. The van der Waals surface area contributed by atoms with Gasteiger partial charge in [-0.25, -0.2) is 0 Å². The molecule has 0 amide bonds. The second-order valence-electron chi connectivity index (χ2n) is 7.23. The maximum Gasteiger partial charge on any atom is 0.119 e. The molecule has 4 nitrogen and oxygen atoms in total. The van der Waals surface area contributed by atoms with Crippen LogP contribution in [0.15, 0.2) is 83.0 Å². The normalized spacial score (nSPS) is 12.4. The van der Waals surface area contributed by atoms with Gasteiger partial charge in [0.2, 0.25) is 0 Å². The summed E-state index contributed by atoms with van der Waals surface area (Å²) in [6.07, 6.45) is 0. The molecular weight excluding hydrogens is 372 g/mol. The largest absolute Gasteiger partial charge is 0.497 e. The standard InChI is InChI=1S/C26H24N2O2/c1-17(19-5-7-23-15-25(29-3)11-9-21(23)13-19)27-28-18(2)20-6-8-24-16-26(30-4)12-10-22(24)14-20/h5-16H,1-4H3/b27-17+,28-18+. The lowest BCUT2D eigenvalue weighted by Gasteiger charge is -2.06. The summed E-state index contributed by atoms with van der Waals surface area (Å²) in [5.74, 6) is 1.71. The molecule has 0 heterocycles. The van der Waals surface area contributed by atoms with E-state index < -0.39 is 0 Å². The first-order chi connectivity index (χ1) is 14.6. The van der Waals surface area contributed by atoms with E-state index in [1.54, 1.807) is 14.2 Å². The summed E-state index contributed by atoms with van der Waals surface area (Å²) in [5.41, 5.74) is 3.85. The zero-order valence-electron chi connectivity index (χ0n) is 17.6.